The number of thiophene rings is 3. The standard InChI is InChI=1S/C17H12OS3/c18-12-13-11-16(6-5-14-3-1-9-19-14)21-17(13)8-7-15-4-2-10-20-15/h1-12H/b6-5+,8-7+. The summed E-state index contributed by atoms with van der Waals surface area (Å²) in [4.78, 5) is 15.7. The summed E-state index contributed by atoms with van der Waals surface area (Å²) in [5.74, 6) is 0. The zero-order chi connectivity index (χ0) is 14.5. The number of aldehydes is 1. The van der Waals surface area contributed by atoms with Crippen LogP contribution in [-0.2, 0) is 0 Å². The molecule has 0 amide bonds. The number of carbonyl (C=O) groups excluding carboxylic acids is 1. The zero-order valence-corrected chi connectivity index (χ0v) is 13.5. The Labute approximate surface area is 135 Å². The third-order valence-corrected chi connectivity index (χ3v) is 5.59. The summed E-state index contributed by atoms with van der Waals surface area (Å²) in [7, 11) is 0. The van der Waals surface area contributed by atoms with Gasteiger partial charge in [0.2, 0.25) is 0 Å². The number of carbonyl (C=O) groups is 1. The van der Waals surface area contributed by atoms with Crippen molar-refractivity contribution in [1.82, 2.24) is 0 Å². The quantitative estimate of drug-likeness (QED) is 0.523. The van der Waals surface area contributed by atoms with Crippen molar-refractivity contribution in [3.05, 3.63) is 66.2 Å². The molecule has 21 heavy (non-hydrogen) atoms. The molecular weight excluding hydrogens is 316 g/mol. The van der Waals surface area contributed by atoms with Crippen LogP contribution in [0.5, 0.6) is 0 Å². The lowest BCUT2D eigenvalue weighted by Gasteiger charge is -1.87. The summed E-state index contributed by atoms with van der Waals surface area (Å²) in [6, 6.07) is 10.1. The van der Waals surface area contributed by atoms with Gasteiger partial charge in [0.1, 0.15) is 0 Å². The average Bonchev–Trinajstić information content (AvgIpc) is 3.23. The summed E-state index contributed by atoms with van der Waals surface area (Å²) in [5, 5.41) is 4.10. The number of hydrogen-bond donors (Lipinski definition) is 0. The third kappa shape index (κ3) is 3.67. The zero-order valence-electron chi connectivity index (χ0n) is 11.1. The minimum absolute atomic E-state index is 0.749. The van der Waals surface area contributed by atoms with Crippen LogP contribution < -0.4 is 0 Å². The fourth-order valence-corrected chi connectivity index (χ4v) is 4.01. The van der Waals surface area contributed by atoms with E-state index in [0.717, 1.165) is 21.6 Å². The molecule has 0 unspecified atom stereocenters. The molecule has 4 heteroatoms. The van der Waals surface area contributed by atoms with Crippen LogP contribution in [-0.4, -0.2) is 6.29 Å². The first-order chi connectivity index (χ1) is 10.3. The monoisotopic (exact) mass is 328 g/mol. The second-order valence-electron chi connectivity index (χ2n) is 4.28. The summed E-state index contributed by atoms with van der Waals surface area (Å²) in [6.45, 7) is 0. The van der Waals surface area contributed by atoms with Gasteiger partial charge in [0.15, 0.2) is 6.29 Å². The van der Waals surface area contributed by atoms with Gasteiger partial charge in [-0.2, -0.15) is 0 Å². The van der Waals surface area contributed by atoms with Crippen molar-refractivity contribution < 1.29 is 4.79 Å². The molecule has 0 radical (unpaired) electrons. The van der Waals surface area contributed by atoms with E-state index < -0.39 is 0 Å². The molecular formula is C17H12OS3. The van der Waals surface area contributed by atoms with Gasteiger partial charge in [-0.3, -0.25) is 4.79 Å². The molecule has 3 aromatic heterocycles. The summed E-state index contributed by atoms with van der Waals surface area (Å²) >= 11 is 5.02. The highest BCUT2D eigenvalue weighted by atomic mass is 32.1. The van der Waals surface area contributed by atoms with Gasteiger partial charge in [0.25, 0.3) is 0 Å². The van der Waals surface area contributed by atoms with E-state index in [4.69, 9.17) is 0 Å². The van der Waals surface area contributed by atoms with Crippen molar-refractivity contribution in [1.29, 1.82) is 0 Å². The molecule has 0 bridgehead atoms. The minimum atomic E-state index is 0.749. The van der Waals surface area contributed by atoms with Crippen molar-refractivity contribution in [2.24, 2.45) is 0 Å². The molecule has 0 aliphatic carbocycles. The average molecular weight is 328 g/mol. The largest absolute Gasteiger partial charge is 0.298 e. The van der Waals surface area contributed by atoms with Gasteiger partial charge in [0, 0.05) is 25.1 Å². The van der Waals surface area contributed by atoms with E-state index >= 15 is 0 Å². The first kappa shape index (κ1) is 14.2. The van der Waals surface area contributed by atoms with Gasteiger partial charge in [-0.15, -0.1) is 34.0 Å². The van der Waals surface area contributed by atoms with E-state index in [1.165, 1.54) is 9.75 Å². The fraction of sp³-hybridized carbons (Fsp3) is 0. The van der Waals surface area contributed by atoms with Crippen LogP contribution >= 0.6 is 34.0 Å². The van der Waals surface area contributed by atoms with E-state index in [9.17, 15) is 4.79 Å². The molecule has 3 heterocycles. The molecule has 0 aliphatic heterocycles. The molecule has 3 aromatic rings. The fourth-order valence-electron chi connectivity index (χ4n) is 1.84. The topological polar surface area (TPSA) is 17.1 Å². The second-order valence-corrected chi connectivity index (χ2v) is 7.36. The lowest BCUT2D eigenvalue weighted by Crippen LogP contribution is -1.75. The van der Waals surface area contributed by atoms with Crippen LogP contribution in [0.4, 0.5) is 0 Å². The summed E-state index contributed by atoms with van der Waals surface area (Å²) in [6.07, 6.45) is 9.13. The maximum atomic E-state index is 11.2. The Morgan fingerprint density at radius 1 is 0.810 bits per heavy atom. The molecule has 0 aromatic carbocycles. The van der Waals surface area contributed by atoms with Crippen LogP contribution in [0.15, 0.2) is 41.1 Å². The van der Waals surface area contributed by atoms with Crippen LogP contribution in [0.3, 0.4) is 0 Å². The minimum Gasteiger partial charge on any atom is -0.298 e. The first-order valence-electron chi connectivity index (χ1n) is 6.37. The molecule has 0 fully saturated rings. The van der Waals surface area contributed by atoms with E-state index in [1.807, 2.05) is 29.7 Å². The lowest BCUT2D eigenvalue weighted by atomic mass is 10.2. The van der Waals surface area contributed by atoms with Gasteiger partial charge in [-0.25, -0.2) is 0 Å². The summed E-state index contributed by atoms with van der Waals surface area (Å²) < 4.78 is 0. The number of hydrogen-bond acceptors (Lipinski definition) is 4. The smallest absolute Gasteiger partial charge is 0.151 e. The highest BCUT2D eigenvalue weighted by molar-refractivity contribution is 7.14. The predicted octanol–water partition coefficient (Wildman–Crippen LogP) is 6.02. The Morgan fingerprint density at radius 3 is 2.00 bits per heavy atom. The van der Waals surface area contributed by atoms with Crippen molar-refractivity contribution in [2.45, 2.75) is 0 Å². The normalized spacial score (nSPS) is 11.6. The Hall–Kier alpha value is -1.75. The first-order valence-corrected chi connectivity index (χ1v) is 8.95. The van der Waals surface area contributed by atoms with Gasteiger partial charge in [0.05, 0.1) is 0 Å². The molecule has 0 atom stereocenters. The predicted molar refractivity (Wildman–Crippen MR) is 96.2 cm³/mol. The van der Waals surface area contributed by atoms with Gasteiger partial charge in [-0.05, 0) is 53.3 Å². The van der Waals surface area contributed by atoms with Crippen LogP contribution in [0.2, 0.25) is 0 Å². The summed E-state index contributed by atoms with van der Waals surface area (Å²) in [5.41, 5.74) is 0.749. The van der Waals surface area contributed by atoms with Crippen LogP contribution in [0.25, 0.3) is 24.3 Å². The molecule has 0 saturated carbocycles. The van der Waals surface area contributed by atoms with Crippen LogP contribution in [0, 0.1) is 0 Å². The van der Waals surface area contributed by atoms with Crippen LogP contribution in [0.1, 0.15) is 29.9 Å². The van der Waals surface area contributed by atoms with E-state index in [2.05, 4.69) is 35.7 Å². The molecule has 104 valence electrons. The Balaban J connectivity index is 1.82. The molecule has 3 rings (SSSR count). The Kier molecular flexibility index (Phi) is 4.60. The SMILES string of the molecule is O=Cc1cc(/C=C/c2cccs2)sc1/C=C/c1cccs1. The van der Waals surface area contributed by atoms with Gasteiger partial charge >= 0.3 is 0 Å². The van der Waals surface area contributed by atoms with E-state index in [0.29, 0.717) is 0 Å². The van der Waals surface area contributed by atoms with Crippen molar-refractivity contribution >= 4 is 64.6 Å². The van der Waals surface area contributed by atoms with Crippen molar-refractivity contribution in [2.75, 3.05) is 0 Å². The maximum absolute atomic E-state index is 11.2. The lowest BCUT2D eigenvalue weighted by molar-refractivity contribution is 0.112. The molecule has 0 N–H and O–H groups in total. The van der Waals surface area contributed by atoms with Crippen molar-refractivity contribution in [3.8, 4) is 0 Å². The van der Waals surface area contributed by atoms with Gasteiger partial charge < -0.3 is 0 Å². The highest BCUT2D eigenvalue weighted by Crippen LogP contribution is 2.26. The maximum Gasteiger partial charge on any atom is 0.151 e. The molecule has 0 saturated heterocycles. The second kappa shape index (κ2) is 6.80. The van der Waals surface area contributed by atoms with E-state index in [-0.39, 0.29) is 0 Å². The Morgan fingerprint density at radius 2 is 1.43 bits per heavy atom. The molecule has 1 nitrogen and oxygen atoms in total. The molecule has 0 aliphatic rings. The molecule has 0 spiro atoms. The Bertz CT molecular complexity index is 759. The van der Waals surface area contributed by atoms with Crippen molar-refractivity contribution in [3.63, 3.8) is 0 Å². The van der Waals surface area contributed by atoms with E-state index in [1.54, 1.807) is 34.0 Å². The van der Waals surface area contributed by atoms with Gasteiger partial charge in [-0.1, -0.05) is 12.1 Å². The third-order valence-electron chi connectivity index (χ3n) is 2.83. The highest BCUT2D eigenvalue weighted by Gasteiger charge is 2.04. The number of rotatable bonds is 5.